The molecular formula is C24H42BrN3O3. The lowest BCUT2D eigenvalue weighted by Crippen LogP contribution is -2.27. The fourth-order valence-corrected chi connectivity index (χ4v) is 3.07. The Kier molecular flexibility index (Phi) is 16.4. The summed E-state index contributed by atoms with van der Waals surface area (Å²) in [6, 6.07) is 8.87. The van der Waals surface area contributed by atoms with Gasteiger partial charge in [-0.25, -0.2) is 0 Å². The molecule has 0 unspecified atom stereocenters. The van der Waals surface area contributed by atoms with Crippen LogP contribution in [0.5, 0.6) is 0 Å². The van der Waals surface area contributed by atoms with E-state index >= 15 is 0 Å². The van der Waals surface area contributed by atoms with E-state index in [0.717, 1.165) is 45.4 Å². The van der Waals surface area contributed by atoms with E-state index in [1.54, 1.807) is 0 Å². The van der Waals surface area contributed by atoms with Crippen LogP contribution in [0.4, 0.5) is 0 Å². The summed E-state index contributed by atoms with van der Waals surface area (Å²) in [5.74, 6) is -0.789. The Morgan fingerprint density at radius 1 is 0.806 bits per heavy atom. The van der Waals surface area contributed by atoms with Gasteiger partial charge in [0, 0.05) is 25.9 Å². The largest absolute Gasteiger partial charge is 0.481 e. The molecule has 4 N–H and O–H groups in total. The molecule has 0 aliphatic rings. The molecule has 1 rings (SSSR count). The maximum absolute atomic E-state index is 11.6. The molecule has 1 aromatic carbocycles. The average Bonchev–Trinajstić information content (AvgIpc) is 2.69. The van der Waals surface area contributed by atoms with Crippen molar-refractivity contribution in [3.8, 4) is 0 Å². The molecule has 1 aromatic rings. The number of halogens is 1. The normalized spacial score (nSPS) is 11.1. The summed E-state index contributed by atoms with van der Waals surface area (Å²) in [5, 5.41) is 18.3. The van der Waals surface area contributed by atoms with Crippen LogP contribution in [0.3, 0.4) is 0 Å². The fourth-order valence-electron chi connectivity index (χ4n) is 3.07. The van der Waals surface area contributed by atoms with Gasteiger partial charge in [-0.2, -0.15) is 0 Å². The SMILES string of the molecule is Br.CC(C)(C)c1ccc(CNCCCCNCCCNC(=O)CCCCC(=O)O)cc1. The Morgan fingerprint density at radius 2 is 1.39 bits per heavy atom. The zero-order valence-electron chi connectivity index (χ0n) is 19.5. The number of rotatable bonds is 16. The Bertz CT molecular complexity index is 615. The summed E-state index contributed by atoms with van der Waals surface area (Å²) in [7, 11) is 0. The van der Waals surface area contributed by atoms with Gasteiger partial charge in [0.2, 0.25) is 5.91 Å². The third kappa shape index (κ3) is 15.9. The summed E-state index contributed by atoms with van der Waals surface area (Å²) in [4.78, 5) is 22.0. The van der Waals surface area contributed by atoms with Gasteiger partial charge in [0.05, 0.1) is 0 Å². The Balaban J connectivity index is 0.00000900. The third-order valence-corrected chi connectivity index (χ3v) is 5.00. The number of benzene rings is 1. The van der Waals surface area contributed by atoms with Gasteiger partial charge in [0.1, 0.15) is 0 Å². The minimum absolute atomic E-state index is 0. The molecule has 0 aromatic heterocycles. The maximum Gasteiger partial charge on any atom is 0.303 e. The van der Waals surface area contributed by atoms with E-state index < -0.39 is 5.97 Å². The van der Waals surface area contributed by atoms with Crippen molar-refractivity contribution in [3.63, 3.8) is 0 Å². The van der Waals surface area contributed by atoms with Crippen molar-refractivity contribution in [1.29, 1.82) is 0 Å². The molecule has 31 heavy (non-hydrogen) atoms. The molecule has 0 heterocycles. The zero-order chi connectivity index (χ0) is 22.2. The standard InChI is InChI=1S/C24H41N3O3.BrH/c1-24(2,3)21-13-11-20(12-14-21)19-26-16-7-6-15-25-17-8-18-27-22(28)9-4-5-10-23(29)30;/h11-14,25-26H,4-10,15-19H2,1-3H3,(H,27,28)(H,29,30);1H. The number of carbonyl (C=O) groups excluding carboxylic acids is 1. The summed E-state index contributed by atoms with van der Waals surface area (Å²) in [6.07, 6.45) is 4.91. The maximum atomic E-state index is 11.6. The predicted molar refractivity (Wildman–Crippen MR) is 133 cm³/mol. The number of nitrogens with one attached hydrogen (secondary N) is 3. The fraction of sp³-hybridized carbons (Fsp3) is 0.667. The third-order valence-electron chi connectivity index (χ3n) is 5.00. The minimum Gasteiger partial charge on any atom is -0.481 e. The lowest BCUT2D eigenvalue weighted by Gasteiger charge is -2.19. The lowest BCUT2D eigenvalue weighted by molar-refractivity contribution is -0.137. The Morgan fingerprint density at radius 3 is 2.00 bits per heavy atom. The second kappa shape index (κ2) is 17.2. The lowest BCUT2D eigenvalue weighted by atomic mass is 9.87. The van der Waals surface area contributed by atoms with Crippen LogP contribution in [0.2, 0.25) is 0 Å². The van der Waals surface area contributed by atoms with E-state index in [2.05, 4.69) is 61.0 Å². The first-order valence-corrected chi connectivity index (χ1v) is 11.3. The molecule has 0 saturated carbocycles. The number of hydrogen-bond acceptors (Lipinski definition) is 4. The van der Waals surface area contributed by atoms with Crippen molar-refractivity contribution in [1.82, 2.24) is 16.0 Å². The van der Waals surface area contributed by atoms with Gasteiger partial charge in [-0.15, -0.1) is 17.0 Å². The second-order valence-corrected chi connectivity index (χ2v) is 8.89. The van der Waals surface area contributed by atoms with Gasteiger partial charge in [-0.3, -0.25) is 9.59 Å². The van der Waals surface area contributed by atoms with Crippen molar-refractivity contribution in [3.05, 3.63) is 35.4 Å². The van der Waals surface area contributed by atoms with E-state index in [-0.39, 0.29) is 34.7 Å². The number of hydrogen-bond donors (Lipinski definition) is 4. The van der Waals surface area contributed by atoms with Crippen molar-refractivity contribution >= 4 is 28.9 Å². The molecule has 0 aliphatic carbocycles. The molecule has 7 heteroatoms. The van der Waals surface area contributed by atoms with Crippen LogP contribution in [0, 0.1) is 0 Å². The van der Waals surface area contributed by atoms with Crippen LogP contribution >= 0.6 is 17.0 Å². The van der Waals surface area contributed by atoms with Crippen molar-refractivity contribution < 1.29 is 14.7 Å². The van der Waals surface area contributed by atoms with Crippen LogP contribution in [0.25, 0.3) is 0 Å². The molecule has 0 atom stereocenters. The zero-order valence-corrected chi connectivity index (χ0v) is 21.2. The predicted octanol–water partition coefficient (Wildman–Crippen LogP) is 4.17. The van der Waals surface area contributed by atoms with Gasteiger partial charge in [-0.1, -0.05) is 45.0 Å². The van der Waals surface area contributed by atoms with E-state index in [0.29, 0.717) is 25.8 Å². The molecule has 0 radical (unpaired) electrons. The van der Waals surface area contributed by atoms with E-state index in [1.165, 1.54) is 11.1 Å². The van der Waals surface area contributed by atoms with Crippen LogP contribution in [0.1, 0.15) is 76.8 Å². The van der Waals surface area contributed by atoms with Gasteiger partial charge >= 0.3 is 5.97 Å². The molecule has 0 bridgehead atoms. The molecular weight excluding hydrogens is 458 g/mol. The quantitative estimate of drug-likeness (QED) is 0.256. The Hall–Kier alpha value is -1.44. The minimum atomic E-state index is -0.803. The molecule has 0 spiro atoms. The molecule has 178 valence electrons. The summed E-state index contributed by atoms with van der Waals surface area (Å²) < 4.78 is 0. The summed E-state index contributed by atoms with van der Waals surface area (Å²) in [6.45, 7) is 11.2. The first-order valence-electron chi connectivity index (χ1n) is 11.3. The van der Waals surface area contributed by atoms with Gasteiger partial charge in [0.15, 0.2) is 0 Å². The molecule has 0 aliphatic heterocycles. The summed E-state index contributed by atoms with van der Waals surface area (Å²) >= 11 is 0. The topological polar surface area (TPSA) is 90.5 Å². The molecule has 6 nitrogen and oxygen atoms in total. The summed E-state index contributed by atoms with van der Waals surface area (Å²) in [5.41, 5.74) is 2.89. The van der Waals surface area contributed by atoms with Crippen LogP contribution in [-0.2, 0) is 21.5 Å². The van der Waals surface area contributed by atoms with Crippen LogP contribution in [-0.4, -0.2) is 43.2 Å². The highest BCUT2D eigenvalue weighted by atomic mass is 79.9. The van der Waals surface area contributed by atoms with Gasteiger partial charge in [0.25, 0.3) is 0 Å². The number of carboxylic acids is 1. The van der Waals surface area contributed by atoms with Crippen molar-refractivity contribution in [2.45, 2.75) is 77.7 Å². The smallest absolute Gasteiger partial charge is 0.303 e. The monoisotopic (exact) mass is 499 g/mol. The Labute approximate surface area is 198 Å². The van der Waals surface area contributed by atoms with Gasteiger partial charge in [-0.05, 0) is 68.3 Å². The average molecular weight is 501 g/mol. The van der Waals surface area contributed by atoms with E-state index in [1.807, 2.05) is 0 Å². The van der Waals surface area contributed by atoms with Crippen molar-refractivity contribution in [2.24, 2.45) is 0 Å². The number of amides is 1. The molecule has 0 fully saturated rings. The van der Waals surface area contributed by atoms with E-state index in [4.69, 9.17) is 5.11 Å². The van der Waals surface area contributed by atoms with Crippen molar-refractivity contribution in [2.75, 3.05) is 26.2 Å². The van der Waals surface area contributed by atoms with Gasteiger partial charge < -0.3 is 21.1 Å². The highest BCUT2D eigenvalue weighted by Crippen LogP contribution is 2.22. The highest BCUT2D eigenvalue weighted by molar-refractivity contribution is 8.93. The molecule has 1 amide bonds. The first kappa shape index (κ1) is 29.6. The first-order chi connectivity index (χ1) is 14.3. The molecule has 0 saturated heterocycles. The number of carboxylic acid groups (broad SMARTS) is 1. The van der Waals surface area contributed by atoms with Crippen LogP contribution in [0.15, 0.2) is 24.3 Å². The van der Waals surface area contributed by atoms with E-state index in [9.17, 15) is 9.59 Å². The number of unbranched alkanes of at least 4 members (excludes halogenated alkanes) is 2. The number of aliphatic carboxylic acids is 1. The van der Waals surface area contributed by atoms with Crippen LogP contribution < -0.4 is 16.0 Å². The number of carbonyl (C=O) groups is 2. The highest BCUT2D eigenvalue weighted by Gasteiger charge is 2.12. The second-order valence-electron chi connectivity index (χ2n) is 8.89.